The number of nitrogens with two attached hydrogens (primary N) is 1. The van der Waals surface area contributed by atoms with Crippen LogP contribution in [0.5, 0.6) is 0 Å². The molecule has 3 aliphatic rings. The van der Waals surface area contributed by atoms with Gasteiger partial charge in [-0.25, -0.2) is 14.7 Å². The highest BCUT2D eigenvalue weighted by atomic mass is 127. The number of urea groups is 1. The normalized spacial score (nSPS) is 25.8. The number of halogens is 1. The molecule has 3 fully saturated rings. The number of nitrogens with one attached hydrogen (secondary N) is 1. The van der Waals surface area contributed by atoms with Gasteiger partial charge in [0.05, 0.1) is 12.2 Å². The van der Waals surface area contributed by atoms with Crippen molar-refractivity contribution in [2.75, 3.05) is 18.0 Å². The Morgan fingerprint density at radius 1 is 1.24 bits per heavy atom. The van der Waals surface area contributed by atoms with E-state index in [4.69, 9.17) is 5.73 Å². The van der Waals surface area contributed by atoms with Crippen molar-refractivity contribution >= 4 is 47.6 Å². The molecule has 2 aliphatic heterocycles. The second-order valence-corrected chi connectivity index (χ2v) is 8.56. The first-order valence-electron chi connectivity index (χ1n) is 10.2. The molecule has 3 N–H and O–H groups in total. The number of guanidine groups is 1. The molecule has 3 amide bonds. The summed E-state index contributed by atoms with van der Waals surface area (Å²) in [6.07, 6.45) is 4.24. The zero-order valence-corrected chi connectivity index (χ0v) is 19.4. The Morgan fingerprint density at radius 3 is 2.59 bits per heavy atom. The fraction of sp³-hybridized carbons (Fsp3) is 0.571. The SMILES string of the molecule is CC1CCN(C(N)=NCc2cccc(N3C(=O)NC(C)(C4CC4)C3=O)c2)CC1.I. The molecule has 0 bridgehead atoms. The Morgan fingerprint density at radius 2 is 1.93 bits per heavy atom. The number of imide groups is 1. The van der Waals surface area contributed by atoms with Crippen LogP contribution in [0.4, 0.5) is 10.5 Å². The average Bonchev–Trinajstić information content (AvgIpc) is 3.49. The number of carbonyl (C=O) groups excluding carboxylic acids is 2. The van der Waals surface area contributed by atoms with E-state index >= 15 is 0 Å². The van der Waals surface area contributed by atoms with E-state index in [9.17, 15) is 9.59 Å². The van der Waals surface area contributed by atoms with Gasteiger partial charge >= 0.3 is 6.03 Å². The van der Waals surface area contributed by atoms with Gasteiger partial charge < -0.3 is 16.0 Å². The Bertz CT molecular complexity index is 817. The van der Waals surface area contributed by atoms with E-state index < -0.39 is 5.54 Å². The highest BCUT2D eigenvalue weighted by Crippen LogP contribution is 2.43. The number of amides is 3. The van der Waals surface area contributed by atoms with Crippen molar-refractivity contribution in [2.24, 2.45) is 22.6 Å². The third-order valence-electron chi connectivity index (χ3n) is 6.31. The summed E-state index contributed by atoms with van der Waals surface area (Å²) in [6.45, 7) is 6.41. The van der Waals surface area contributed by atoms with E-state index in [0.29, 0.717) is 18.2 Å². The van der Waals surface area contributed by atoms with Crippen LogP contribution in [0.2, 0.25) is 0 Å². The van der Waals surface area contributed by atoms with E-state index in [-0.39, 0.29) is 41.8 Å². The molecule has 2 saturated heterocycles. The van der Waals surface area contributed by atoms with Gasteiger partial charge in [-0.3, -0.25) is 4.79 Å². The number of rotatable bonds is 4. The van der Waals surface area contributed by atoms with E-state index in [1.54, 1.807) is 6.07 Å². The average molecular weight is 511 g/mol. The summed E-state index contributed by atoms with van der Waals surface area (Å²) in [5, 5.41) is 2.89. The number of piperidine rings is 1. The van der Waals surface area contributed by atoms with Gasteiger partial charge in [0.1, 0.15) is 5.54 Å². The van der Waals surface area contributed by atoms with Gasteiger partial charge in [-0.15, -0.1) is 24.0 Å². The molecule has 1 unspecified atom stereocenters. The number of anilines is 1. The zero-order chi connectivity index (χ0) is 19.9. The quantitative estimate of drug-likeness (QED) is 0.282. The molecule has 0 spiro atoms. The largest absolute Gasteiger partial charge is 0.370 e. The first-order chi connectivity index (χ1) is 13.4. The van der Waals surface area contributed by atoms with Gasteiger partial charge in [-0.2, -0.15) is 0 Å². The van der Waals surface area contributed by atoms with Crippen molar-refractivity contribution in [1.82, 2.24) is 10.2 Å². The van der Waals surface area contributed by atoms with Crippen molar-refractivity contribution in [1.29, 1.82) is 0 Å². The maximum Gasteiger partial charge on any atom is 0.329 e. The maximum atomic E-state index is 12.9. The van der Waals surface area contributed by atoms with Crippen molar-refractivity contribution in [2.45, 2.75) is 51.6 Å². The van der Waals surface area contributed by atoms with Crippen LogP contribution in [-0.2, 0) is 11.3 Å². The fourth-order valence-corrected chi connectivity index (χ4v) is 4.13. The van der Waals surface area contributed by atoms with Crippen LogP contribution in [0.15, 0.2) is 29.3 Å². The summed E-state index contributed by atoms with van der Waals surface area (Å²) in [6, 6.07) is 7.09. The highest BCUT2D eigenvalue weighted by molar-refractivity contribution is 14.0. The number of hydrogen-bond acceptors (Lipinski definition) is 3. The number of benzene rings is 1. The standard InChI is InChI=1S/C21H29N5O2.HI/c1-14-8-10-25(11-9-14)19(22)23-13-15-4-3-5-17(12-15)26-18(27)21(2,16-6-7-16)24-20(26)28;/h3-5,12,14,16H,6-11,13H2,1-2H3,(H2,22,23)(H,24,28);1H. The molecular formula is C21H30IN5O2. The molecule has 0 radical (unpaired) electrons. The smallest absolute Gasteiger partial charge is 0.329 e. The Hall–Kier alpha value is -1.84. The summed E-state index contributed by atoms with van der Waals surface area (Å²) >= 11 is 0. The minimum Gasteiger partial charge on any atom is -0.370 e. The molecule has 0 aromatic heterocycles. The second-order valence-electron chi connectivity index (χ2n) is 8.56. The monoisotopic (exact) mass is 511 g/mol. The topological polar surface area (TPSA) is 91.0 Å². The van der Waals surface area contributed by atoms with E-state index in [1.165, 1.54) is 4.90 Å². The second kappa shape index (κ2) is 8.49. The minimum absolute atomic E-state index is 0. The van der Waals surface area contributed by atoms with Crippen molar-refractivity contribution in [3.63, 3.8) is 0 Å². The number of hydrogen-bond donors (Lipinski definition) is 2. The molecule has 2 heterocycles. The van der Waals surface area contributed by atoms with Crippen LogP contribution in [0.3, 0.4) is 0 Å². The molecule has 7 nitrogen and oxygen atoms in total. The van der Waals surface area contributed by atoms with Crippen molar-refractivity contribution < 1.29 is 9.59 Å². The molecular weight excluding hydrogens is 481 g/mol. The fourth-order valence-electron chi connectivity index (χ4n) is 4.13. The summed E-state index contributed by atoms with van der Waals surface area (Å²) in [5.74, 6) is 1.39. The van der Waals surface area contributed by atoms with Gasteiger partial charge in [-0.1, -0.05) is 19.1 Å². The zero-order valence-electron chi connectivity index (χ0n) is 17.1. The van der Waals surface area contributed by atoms with Crippen LogP contribution < -0.4 is 16.0 Å². The van der Waals surface area contributed by atoms with Crippen LogP contribution >= 0.6 is 24.0 Å². The predicted octanol–water partition coefficient (Wildman–Crippen LogP) is 3.08. The molecule has 1 atom stereocenters. The molecule has 1 aliphatic carbocycles. The van der Waals surface area contributed by atoms with Crippen LogP contribution in [0, 0.1) is 11.8 Å². The number of carbonyl (C=O) groups is 2. The lowest BCUT2D eigenvalue weighted by Crippen LogP contribution is -2.46. The molecule has 1 aromatic rings. The lowest BCUT2D eigenvalue weighted by molar-refractivity contribution is -0.122. The lowest BCUT2D eigenvalue weighted by Gasteiger charge is -2.31. The van der Waals surface area contributed by atoms with Crippen molar-refractivity contribution in [3.8, 4) is 0 Å². The van der Waals surface area contributed by atoms with E-state index in [2.05, 4.69) is 22.1 Å². The van der Waals surface area contributed by atoms with E-state index in [0.717, 1.165) is 50.3 Å². The number of nitrogens with zero attached hydrogens (tertiary/aromatic N) is 3. The maximum absolute atomic E-state index is 12.9. The Labute approximate surface area is 189 Å². The van der Waals surface area contributed by atoms with Crippen LogP contribution in [-0.4, -0.2) is 41.4 Å². The molecule has 8 heteroatoms. The first-order valence-corrected chi connectivity index (χ1v) is 10.2. The van der Waals surface area contributed by atoms with Gasteiger partial charge in [0, 0.05) is 13.1 Å². The Balaban J connectivity index is 0.00000240. The molecule has 29 heavy (non-hydrogen) atoms. The third-order valence-corrected chi connectivity index (χ3v) is 6.31. The molecule has 4 rings (SSSR count). The molecule has 1 aromatic carbocycles. The summed E-state index contributed by atoms with van der Waals surface area (Å²) < 4.78 is 0. The summed E-state index contributed by atoms with van der Waals surface area (Å²) in [4.78, 5) is 33.3. The van der Waals surface area contributed by atoms with Gasteiger partial charge in [0.15, 0.2) is 5.96 Å². The number of aliphatic imine (C=N–C) groups is 1. The van der Waals surface area contributed by atoms with Gasteiger partial charge in [0.25, 0.3) is 5.91 Å². The highest BCUT2D eigenvalue weighted by Gasteiger charge is 2.56. The van der Waals surface area contributed by atoms with Gasteiger partial charge in [0.2, 0.25) is 0 Å². The first kappa shape index (κ1) is 21.9. The summed E-state index contributed by atoms with van der Waals surface area (Å²) in [7, 11) is 0. The predicted molar refractivity (Wildman–Crippen MR) is 124 cm³/mol. The number of likely N-dealkylation sites (tertiary alicyclic amines) is 1. The van der Waals surface area contributed by atoms with Crippen LogP contribution in [0.25, 0.3) is 0 Å². The third kappa shape index (κ3) is 4.36. The lowest BCUT2D eigenvalue weighted by atomic mass is 9.96. The van der Waals surface area contributed by atoms with E-state index in [1.807, 2.05) is 25.1 Å². The Kier molecular flexibility index (Phi) is 6.40. The van der Waals surface area contributed by atoms with Crippen LogP contribution in [0.1, 0.15) is 45.1 Å². The minimum atomic E-state index is -0.777. The molecule has 1 saturated carbocycles. The van der Waals surface area contributed by atoms with Gasteiger partial charge in [-0.05, 0) is 62.1 Å². The van der Waals surface area contributed by atoms with Crippen molar-refractivity contribution in [3.05, 3.63) is 29.8 Å². The summed E-state index contributed by atoms with van der Waals surface area (Å²) in [5.41, 5.74) is 6.90. The molecule has 158 valence electrons.